The fourth-order valence-electron chi connectivity index (χ4n) is 6.00. The lowest BCUT2D eigenvalue weighted by Gasteiger charge is -2.39. The number of likely N-dealkylation sites (tertiary alicyclic amines) is 1. The number of allylic oxidation sites excluding steroid dienone is 2. The van der Waals surface area contributed by atoms with Gasteiger partial charge in [-0.3, -0.25) is 9.59 Å². The Morgan fingerprint density at radius 2 is 1.82 bits per heavy atom. The second kappa shape index (κ2) is 13.0. The van der Waals surface area contributed by atoms with Crippen LogP contribution < -0.4 is 16.8 Å². The molecule has 0 atom stereocenters. The molecule has 0 radical (unpaired) electrons. The zero-order valence-corrected chi connectivity index (χ0v) is 26.7. The minimum atomic E-state index is -3.73. The maximum atomic E-state index is 13.5. The van der Waals surface area contributed by atoms with E-state index in [4.69, 9.17) is 27.8 Å². The van der Waals surface area contributed by atoms with Crippen LogP contribution in [-0.4, -0.2) is 83.7 Å². The first-order valence-corrected chi connectivity index (χ1v) is 16.8. The Balaban J connectivity index is 1.18. The summed E-state index contributed by atoms with van der Waals surface area (Å²) < 4.78 is 34.2. The fraction of sp³-hybridized carbons (Fsp3) is 0.533. The fourth-order valence-corrected chi connectivity index (χ4v) is 7.64. The minimum Gasteiger partial charge on any atom is -0.383 e. The van der Waals surface area contributed by atoms with Crippen molar-refractivity contribution < 1.29 is 22.7 Å². The molecule has 3 fully saturated rings. The van der Waals surface area contributed by atoms with E-state index in [1.54, 1.807) is 23.1 Å². The van der Waals surface area contributed by atoms with Crippen LogP contribution in [-0.2, 0) is 14.8 Å². The van der Waals surface area contributed by atoms with Crippen LogP contribution in [0.4, 0.5) is 11.6 Å². The lowest BCUT2D eigenvalue weighted by atomic mass is 9.86. The predicted octanol–water partition coefficient (Wildman–Crippen LogP) is 3.25. The second-order valence-corrected chi connectivity index (χ2v) is 14.5. The van der Waals surface area contributed by atoms with Gasteiger partial charge in [0.05, 0.1) is 11.0 Å². The van der Waals surface area contributed by atoms with Gasteiger partial charge in [-0.15, -0.1) is 0 Å². The molecule has 0 aliphatic carbocycles. The predicted molar refractivity (Wildman–Crippen MR) is 168 cm³/mol. The van der Waals surface area contributed by atoms with Crippen molar-refractivity contribution in [3.8, 4) is 0 Å². The molecular formula is C30H40ClN7O5S. The van der Waals surface area contributed by atoms with Crippen molar-refractivity contribution in [3.05, 3.63) is 52.4 Å². The van der Waals surface area contributed by atoms with Crippen LogP contribution in [0.1, 0.15) is 73.2 Å². The molecule has 2 aromatic rings. The van der Waals surface area contributed by atoms with E-state index in [0.29, 0.717) is 76.4 Å². The van der Waals surface area contributed by atoms with Crippen LogP contribution in [0.2, 0.25) is 5.15 Å². The highest BCUT2D eigenvalue weighted by atomic mass is 35.5. The molecule has 1 aromatic carbocycles. The quantitative estimate of drug-likeness (QED) is 0.286. The highest BCUT2D eigenvalue weighted by Gasteiger charge is 2.40. The summed E-state index contributed by atoms with van der Waals surface area (Å²) in [5, 5.41) is 3.42. The number of halogens is 1. The van der Waals surface area contributed by atoms with Crippen molar-refractivity contribution in [3.63, 3.8) is 0 Å². The van der Waals surface area contributed by atoms with Crippen molar-refractivity contribution in [1.82, 2.24) is 24.5 Å². The summed E-state index contributed by atoms with van der Waals surface area (Å²) in [6.07, 6.45) is 5.68. The first kappa shape index (κ1) is 32.1. The number of ether oxygens (including phenoxy) is 1. The average Bonchev–Trinajstić information content (AvgIpc) is 3.39. The van der Waals surface area contributed by atoms with Gasteiger partial charge in [-0.25, -0.2) is 18.4 Å². The Morgan fingerprint density at radius 3 is 2.50 bits per heavy atom. The zero-order valence-electron chi connectivity index (χ0n) is 25.1. The molecule has 12 nitrogen and oxygen atoms in total. The SMILES string of the molecule is CC(C)COC1CCN(S(=O)(=O)c2cccc(C(=O)N3CCC4(CC/C(=C\C(=O)c5nc(Cl)c(N)nc5N)N4)CC3)c2)CC1. The third kappa shape index (κ3) is 7.01. The maximum Gasteiger partial charge on any atom is 0.253 e. The third-order valence-electron chi connectivity index (χ3n) is 8.53. The van der Waals surface area contributed by atoms with Gasteiger partial charge in [0.1, 0.15) is 0 Å². The van der Waals surface area contributed by atoms with E-state index >= 15 is 0 Å². The van der Waals surface area contributed by atoms with Crippen molar-refractivity contribution in [2.45, 2.75) is 68.9 Å². The number of nitrogens with two attached hydrogens (primary N) is 2. The number of amides is 1. The van der Waals surface area contributed by atoms with E-state index in [9.17, 15) is 18.0 Å². The number of aromatic nitrogens is 2. The van der Waals surface area contributed by atoms with Crippen LogP contribution in [0.15, 0.2) is 40.9 Å². The standard InChI is InChI=1S/C30H40ClN7O5S/c1-19(2)18-43-22-7-12-38(13-8-22)44(41,42)23-5-3-4-20(16-23)29(40)37-14-10-30(11-15-37)9-6-21(36-30)17-24(39)25-27(32)35-28(33)26(31)34-25/h3-5,16-17,19,22,36H,6-15,18H2,1-2H3,(H4,32,33,35)/b21-17+. The van der Waals surface area contributed by atoms with Gasteiger partial charge in [0.2, 0.25) is 15.8 Å². The van der Waals surface area contributed by atoms with Gasteiger partial charge >= 0.3 is 0 Å². The third-order valence-corrected chi connectivity index (χ3v) is 10.7. The summed E-state index contributed by atoms with van der Waals surface area (Å²) in [7, 11) is -3.73. The van der Waals surface area contributed by atoms with E-state index in [1.165, 1.54) is 16.4 Å². The number of nitrogens with zero attached hydrogens (tertiary/aromatic N) is 4. The molecule has 5 N–H and O–H groups in total. The highest BCUT2D eigenvalue weighted by molar-refractivity contribution is 7.89. The Hall–Kier alpha value is -3.26. The minimum absolute atomic E-state index is 0.0379. The number of nitrogens with one attached hydrogen (secondary N) is 1. The van der Waals surface area contributed by atoms with Crippen LogP contribution in [0.25, 0.3) is 0 Å². The lowest BCUT2D eigenvalue weighted by molar-refractivity contribution is 0.00748. The van der Waals surface area contributed by atoms with Crippen LogP contribution in [0.3, 0.4) is 0 Å². The Bertz CT molecular complexity index is 1550. The van der Waals surface area contributed by atoms with Gasteiger partial charge < -0.3 is 26.4 Å². The number of hydrogen-bond donors (Lipinski definition) is 3. The molecule has 4 heterocycles. The van der Waals surface area contributed by atoms with Crippen molar-refractivity contribution in [2.24, 2.45) is 5.92 Å². The van der Waals surface area contributed by atoms with Gasteiger partial charge in [0.25, 0.3) is 5.91 Å². The van der Waals surface area contributed by atoms with E-state index in [1.807, 2.05) is 0 Å². The molecule has 238 valence electrons. The summed E-state index contributed by atoms with van der Waals surface area (Å²) in [5.41, 5.74) is 12.3. The smallest absolute Gasteiger partial charge is 0.253 e. The number of nitrogen functional groups attached to an aromatic ring is 2. The molecule has 14 heteroatoms. The first-order valence-electron chi connectivity index (χ1n) is 15.0. The molecule has 0 saturated carbocycles. The number of benzene rings is 1. The Labute approximate surface area is 263 Å². The molecule has 3 saturated heterocycles. The van der Waals surface area contributed by atoms with E-state index < -0.39 is 15.8 Å². The molecule has 3 aliphatic heterocycles. The monoisotopic (exact) mass is 645 g/mol. The first-order chi connectivity index (χ1) is 20.9. The van der Waals surface area contributed by atoms with Gasteiger partial charge in [0.15, 0.2) is 22.5 Å². The maximum absolute atomic E-state index is 13.5. The summed E-state index contributed by atoms with van der Waals surface area (Å²) in [6.45, 7) is 6.63. The zero-order chi connectivity index (χ0) is 31.6. The molecule has 1 aromatic heterocycles. The molecule has 1 amide bonds. The van der Waals surface area contributed by atoms with E-state index in [0.717, 1.165) is 12.1 Å². The van der Waals surface area contributed by atoms with Gasteiger partial charge in [-0.05, 0) is 62.6 Å². The number of sulfonamides is 1. The molecule has 3 aliphatic rings. The number of ketones is 1. The molecular weight excluding hydrogens is 606 g/mol. The van der Waals surface area contributed by atoms with E-state index in [2.05, 4.69) is 29.1 Å². The summed E-state index contributed by atoms with van der Waals surface area (Å²) in [5.74, 6) is -0.302. The molecule has 0 bridgehead atoms. The number of anilines is 2. The van der Waals surface area contributed by atoms with Crippen molar-refractivity contribution >= 4 is 45.0 Å². The normalized spacial score (nSPS) is 20.4. The molecule has 0 unspecified atom stereocenters. The summed E-state index contributed by atoms with van der Waals surface area (Å²) in [4.78, 5) is 36.0. The Kier molecular flexibility index (Phi) is 9.49. The largest absolute Gasteiger partial charge is 0.383 e. The molecule has 5 rings (SSSR count). The second-order valence-electron chi connectivity index (χ2n) is 12.2. The number of hydrogen-bond acceptors (Lipinski definition) is 10. The summed E-state index contributed by atoms with van der Waals surface area (Å²) >= 11 is 5.92. The van der Waals surface area contributed by atoms with Crippen molar-refractivity contribution in [2.75, 3.05) is 44.3 Å². The number of carbonyl (C=O) groups excluding carboxylic acids is 2. The van der Waals surface area contributed by atoms with E-state index in [-0.39, 0.29) is 44.9 Å². The average molecular weight is 646 g/mol. The lowest BCUT2D eigenvalue weighted by Crippen LogP contribution is -2.51. The highest BCUT2D eigenvalue weighted by Crippen LogP contribution is 2.36. The Morgan fingerprint density at radius 1 is 1.11 bits per heavy atom. The van der Waals surface area contributed by atoms with Gasteiger partial charge in [0, 0.05) is 55.7 Å². The number of piperidine rings is 2. The number of rotatable bonds is 8. The topological polar surface area (TPSA) is 174 Å². The van der Waals surface area contributed by atoms with Gasteiger partial charge in [-0.2, -0.15) is 4.31 Å². The van der Waals surface area contributed by atoms with Crippen molar-refractivity contribution in [1.29, 1.82) is 0 Å². The van der Waals surface area contributed by atoms with Gasteiger partial charge in [-0.1, -0.05) is 31.5 Å². The molecule has 44 heavy (non-hydrogen) atoms. The summed E-state index contributed by atoms with van der Waals surface area (Å²) in [6, 6.07) is 6.33. The molecule has 1 spiro atoms. The number of carbonyl (C=O) groups is 2. The van der Waals surface area contributed by atoms with Crippen LogP contribution >= 0.6 is 11.6 Å². The van der Waals surface area contributed by atoms with Crippen LogP contribution in [0.5, 0.6) is 0 Å². The van der Waals surface area contributed by atoms with Crippen LogP contribution in [0, 0.1) is 5.92 Å².